The summed E-state index contributed by atoms with van der Waals surface area (Å²) in [5.74, 6) is 1.48. The number of carbonyl (C=O) groups is 1. The number of halogens is 1. The molecule has 2 aromatic rings. The second kappa shape index (κ2) is 8.96. The molecule has 0 heterocycles. The van der Waals surface area contributed by atoms with Crippen LogP contribution in [-0.2, 0) is 11.2 Å². The Labute approximate surface area is 165 Å². The molecule has 3 rings (SSSR count). The number of carbonyl (C=O) groups excluding carboxylic acids is 1. The normalized spacial score (nSPS) is 14.3. The molecule has 1 saturated carbocycles. The number of nitrogens with one attached hydrogen (secondary N) is 1. The van der Waals surface area contributed by atoms with Crippen LogP contribution in [0.15, 0.2) is 55.1 Å². The van der Waals surface area contributed by atoms with Gasteiger partial charge in [0.25, 0.3) is 5.91 Å². The molecule has 1 atom stereocenters. The summed E-state index contributed by atoms with van der Waals surface area (Å²) in [6.07, 6.45) is 4.82. The fraction of sp³-hybridized carbons (Fsp3) is 0.318. The van der Waals surface area contributed by atoms with E-state index < -0.39 is 0 Å². The zero-order valence-electron chi connectivity index (χ0n) is 15.4. The second-order valence-electron chi connectivity index (χ2n) is 6.70. The number of benzene rings is 2. The second-order valence-corrected chi connectivity index (χ2v) is 7.14. The van der Waals surface area contributed by atoms with Crippen molar-refractivity contribution in [3.8, 4) is 11.5 Å². The number of hydrogen-bond acceptors (Lipinski definition) is 3. The van der Waals surface area contributed by atoms with Gasteiger partial charge in [-0.3, -0.25) is 4.79 Å². The van der Waals surface area contributed by atoms with Gasteiger partial charge in [-0.2, -0.15) is 0 Å². The summed E-state index contributed by atoms with van der Waals surface area (Å²) in [4.78, 5) is 12.5. The molecule has 0 aromatic heterocycles. The van der Waals surface area contributed by atoms with Gasteiger partial charge in [0.05, 0.1) is 13.2 Å². The lowest BCUT2D eigenvalue weighted by molar-refractivity contribution is -0.124. The Morgan fingerprint density at radius 3 is 2.63 bits per heavy atom. The zero-order chi connectivity index (χ0) is 19.2. The van der Waals surface area contributed by atoms with Crippen molar-refractivity contribution in [2.45, 2.75) is 25.3 Å². The molecule has 142 valence electrons. The van der Waals surface area contributed by atoms with E-state index in [-0.39, 0.29) is 18.6 Å². The topological polar surface area (TPSA) is 47.6 Å². The maximum Gasteiger partial charge on any atom is 0.258 e. The minimum Gasteiger partial charge on any atom is -0.493 e. The van der Waals surface area contributed by atoms with Crippen molar-refractivity contribution in [1.29, 1.82) is 0 Å². The van der Waals surface area contributed by atoms with E-state index in [2.05, 4.69) is 11.9 Å². The summed E-state index contributed by atoms with van der Waals surface area (Å²) < 4.78 is 11.1. The van der Waals surface area contributed by atoms with Crippen molar-refractivity contribution in [2.75, 3.05) is 13.7 Å². The van der Waals surface area contributed by atoms with Crippen molar-refractivity contribution >= 4 is 17.5 Å². The predicted molar refractivity (Wildman–Crippen MR) is 107 cm³/mol. The Bertz CT molecular complexity index is 800. The first-order valence-corrected chi connectivity index (χ1v) is 9.44. The molecule has 1 aliphatic carbocycles. The molecule has 1 unspecified atom stereocenters. The van der Waals surface area contributed by atoms with Crippen LogP contribution < -0.4 is 14.8 Å². The first-order valence-electron chi connectivity index (χ1n) is 9.06. The first kappa shape index (κ1) is 19.3. The van der Waals surface area contributed by atoms with E-state index in [0.717, 1.165) is 30.4 Å². The molecule has 1 fully saturated rings. The van der Waals surface area contributed by atoms with Gasteiger partial charge in [-0.1, -0.05) is 35.9 Å². The molecular formula is C22H24ClNO3. The van der Waals surface area contributed by atoms with Gasteiger partial charge in [0.1, 0.15) is 0 Å². The maximum atomic E-state index is 12.5. The van der Waals surface area contributed by atoms with Crippen LogP contribution in [0.5, 0.6) is 11.5 Å². The lowest BCUT2D eigenvalue weighted by Gasteiger charge is -2.19. The third-order valence-corrected chi connectivity index (χ3v) is 4.86. The summed E-state index contributed by atoms with van der Waals surface area (Å²) >= 11 is 5.97. The summed E-state index contributed by atoms with van der Waals surface area (Å²) in [5.41, 5.74) is 2.15. The van der Waals surface area contributed by atoms with Crippen molar-refractivity contribution in [1.82, 2.24) is 5.32 Å². The number of methoxy groups -OCH3 is 1. The quantitative estimate of drug-likeness (QED) is 0.635. The molecule has 2 aromatic carbocycles. The molecule has 0 radical (unpaired) electrons. The number of hydrogen-bond donors (Lipinski definition) is 1. The van der Waals surface area contributed by atoms with Crippen LogP contribution in [0.3, 0.4) is 0 Å². The summed E-state index contributed by atoms with van der Waals surface area (Å²) in [6.45, 7) is 3.68. The SMILES string of the molecule is C=CCc1ccc(OCC(=O)NC(c2ccc(Cl)cc2)C2CC2)c(OC)c1. The van der Waals surface area contributed by atoms with Crippen LogP contribution in [0.25, 0.3) is 0 Å². The Balaban J connectivity index is 1.61. The molecule has 0 spiro atoms. The molecule has 1 N–H and O–H groups in total. The molecule has 1 amide bonds. The van der Waals surface area contributed by atoms with Crippen LogP contribution >= 0.6 is 11.6 Å². The average Bonchev–Trinajstić information content (AvgIpc) is 3.51. The highest BCUT2D eigenvalue weighted by Gasteiger charge is 2.33. The third kappa shape index (κ3) is 5.27. The van der Waals surface area contributed by atoms with E-state index >= 15 is 0 Å². The molecule has 5 heteroatoms. The highest BCUT2D eigenvalue weighted by atomic mass is 35.5. The highest BCUT2D eigenvalue weighted by Crippen LogP contribution is 2.41. The Hall–Kier alpha value is -2.46. The van der Waals surface area contributed by atoms with Gasteiger partial charge in [0, 0.05) is 5.02 Å². The zero-order valence-corrected chi connectivity index (χ0v) is 16.2. The predicted octanol–water partition coefficient (Wildman–Crippen LogP) is 4.72. The first-order chi connectivity index (χ1) is 13.1. The Morgan fingerprint density at radius 1 is 1.26 bits per heavy atom. The van der Waals surface area contributed by atoms with Gasteiger partial charge in [0.15, 0.2) is 18.1 Å². The minimum atomic E-state index is -0.154. The minimum absolute atomic E-state index is 0.00442. The van der Waals surface area contributed by atoms with Crippen molar-refractivity contribution in [3.05, 3.63) is 71.3 Å². The number of amides is 1. The lowest BCUT2D eigenvalue weighted by Crippen LogP contribution is -2.33. The monoisotopic (exact) mass is 385 g/mol. The standard InChI is InChI=1S/C22H24ClNO3/c1-3-4-15-5-12-19(20(13-15)26-2)27-14-21(25)24-22(16-6-7-16)17-8-10-18(23)11-9-17/h3,5,8-13,16,22H,1,4,6-7,14H2,2H3,(H,24,25). The van der Waals surface area contributed by atoms with Crippen LogP contribution in [0.2, 0.25) is 5.02 Å². The fourth-order valence-corrected chi connectivity index (χ4v) is 3.18. The molecule has 0 saturated heterocycles. The molecular weight excluding hydrogens is 362 g/mol. The van der Waals surface area contributed by atoms with Crippen LogP contribution in [0, 0.1) is 5.92 Å². The van der Waals surface area contributed by atoms with Gasteiger partial charge in [-0.25, -0.2) is 0 Å². The summed E-state index contributed by atoms with van der Waals surface area (Å²) in [6, 6.07) is 13.3. The molecule has 27 heavy (non-hydrogen) atoms. The average molecular weight is 386 g/mol. The fourth-order valence-electron chi connectivity index (χ4n) is 3.06. The van der Waals surface area contributed by atoms with Crippen molar-refractivity contribution < 1.29 is 14.3 Å². The van der Waals surface area contributed by atoms with Gasteiger partial charge in [-0.05, 0) is 60.6 Å². The van der Waals surface area contributed by atoms with Gasteiger partial charge < -0.3 is 14.8 Å². The van der Waals surface area contributed by atoms with Crippen molar-refractivity contribution in [2.24, 2.45) is 5.92 Å². The Morgan fingerprint density at radius 2 is 2.00 bits per heavy atom. The van der Waals surface area contributed by atoms with Crippen LogP contribution in [0.1, 0.15) is 30.0 Å². The summed E-state index contributed by atoms with van der Waals surface area (Å²) in [7, 11) is 1.59. The van der Waals surface area contributed by atoms with E-state index in [9.17, 15) is 4.79 Å². The maximum absolute atomic E-state index is 12.5. The Kier molecular flexibility index (Phi) is 6.40. The summed E-state index contributed by atoms with van der Waals surface area (Å²) in [5, 5.41) is 3.78. The molecule has 1 aliphatic rings. The van der Waals surface area contributed by atoms with Gasteiger partial charge in [-0.15, -0.1) is 6.58 Å². The number of ether oxygens (including phenoxy) is 2. The van der Waals surface area contributed by atoms with Gasteiger partial charge in [0.2, 0.25) is 0 Å². The van der Waals surface area contributed by atoms with Crippen LogP contribution in [-0.4, -0.2) is 19.6 Å². The van der Waals surface area contributed by atoms with Crippen molar-refractivity contribution in [3.63, 3.8) is 0 Å². The van der Waals surface area contributed by atoms with E-state index in [0.29, 0.717) is 22.4 Å². The molecule has 4 nitrogen and oxygen atoms in total. The number of rotatable bonds is 9. The number of allylic oxidation sites excluding steroid dienone is 1. The largest absolute Gasteiger partial charge is 0.493 e. The van der Waals surface area contributed by atoms with E-state index in [4.69, 9.17) is 21.1 Å². The smallest absolute Gasteiger partial charge is 0.258 e. The van der Waals surface area contributed by atoms with Crippen LogP contribution in [0.4, 0.5) is 0 Å². The molecule has 0 bridgehead atoms. The van der Waals surface area contributed by atoms with E-state index in [1.54, 1.807) is 7.11 Å². The molecule has 0 aliphatic heterocycles. The van der Waals surface area contributed by atoms with E-state index in [1.165, 1.54) is 0 Å². The lowest BCUT2D eigenvalue weighted by atomic mass is 10.0. The van der Waals surface area contributed by atoms with Gasteiger partial charge >= 0.3 is 0 Å². The third-order valence-electron chi connectivity index (χ3n) is 4.61. The highest BCUT2D eigenvalue weighted by molar-refractivity contribution is 6.30. The van der Waals surface area contributed by atoms with E-state index in [1.807, 2.05) is 48.5 Å².